The molecule has 2 rings (SSSR count). The fraction of sp³-hybridized carbons (Fsp3) is 0.412. The van der Waals surface area contributed by atoms with Crippen LogP contribution >= 0.6 is 11.6 Å². The van der Waals surface area contributed by atoms with Crippen LogP contribution in [0, 0.1) is 18.3 Å². The molecule has 1 aliphatic rings. The normalized spacial score (nSPS) is 16.0. The molecule has 5 heteroatoms. The zero-order valence-corrected chi connectivity index (χ0v) is 13.1. The molecule has 0 radical (unpaired) electrons. The molecule has 0 bridgehead atoms. The molecule has 4 nitrogen and oxygen atoms in total. The third-order valence-electron chi connectivity index (χ3n) is 3.84. The van der Waals surface area contributed by atoms with Crippen molar-refractivity contribution >= 4 is 23.3 Å². The highest BCUT2D eigenvalue weighted by Crippen LogP contribution is 2.22. The van der Waals surface area contributed by atoms with E-state index in [4.69, 9.17) is 18.0 Å². The van der Waals surface area contributed by atoms with Crippen LogP contribution in [0.1, 0.15) is 23.2 Å². The Morgan fingerprint density at radius 1 is 1.27 bits per heavy atom. The smallest absolute Gasteiger partial charge is 0.234 e. The van der Waals surface area contributed by atoms with E-state index in [1.54, 1.807) is 24.3 Å². The Morgan fingerprint density at radius 2 is 1.91 bits per heavy atom. The molecule has 22 heavy (non-hydrogen) atoms. The van der Waals surface area contributed by atoms with E-state index in [1.165, 1.54) is 0 Å². The zero-order chi connectivity index (χ0) is 15.9. The number of rotatable bonds is 5. The van der Waals surface area contributed by atoms with E-state index < -0.39 is 0 Å². The van der Waals surface area contributed by atoms with Crippen LogP contribution in [0.5, 0.6) is 0 Å². The van der Waals surface area contributed by atoms with Crippen molar-refractivity contribution in [3.8, 4) is 12.3 Å². The molecule has 0 aromatic heterocycles. The summed E-state index contributed by atoms with van der Waals surface area (Å²) in [6.45, 7) is 2.08. The average molecular weight is 319 g/mol. The first-order valence-corrected chi connectivity index (χ1v) is 7.70. The predicted octanol–water partition coefficient (Wildman–Crippen LogP) is 1.98. The van der Waals surface area contributed by atoms with Gasteiger partial charge in [-0.1, -0.05) is 17.5 Å². The van der Waals surface area contributed by atoms with Crippen molar-refractivity contribution in [2.45, 2.75) is 12.8 Å². The van der Waals surface area contributed by atoms with Crippen molar-refractivity contribution in [1.29, 1.82) is 0 Å². The molecule has 116 valence electrons. The number of piperidine rings is 1. The fourth-order valence-electron chi connectivity index (χ4n) is 2.61. The van der Waals surface area contributed by atoms with Crippen LogP contribution in [-0.4, -0.2) is 42.8 Å². The summed E-state index contributed by atoms with van der Waals surface area (Å²) in [5.41, 5.74) is 0.703. The molecule has 1 N–H and O–H groups in total. The highest BCUT2D eigenvalue weighted by Gasteiger charge is 2.26. The maximum Gasteiger partial charge on any atom is 0.234 e. The van der Waals surface area contributed by atoms with Gasteiger partial charge in [-0.15, -0.1) is 6.42 Å². The fourth-order valence-corrected chi connectivity index (χ4v) is 2.74. The Labute approximate surface area is 135 Å². The minimum Gasteiger partial charge on any atom is -0.344 e. The summed E-state index contributed by atoms with van der Waals surface area (Å²) < 4.78 is 0. The van der Waals surface area contributed by atoms with Gasteiger partial charge in [0.2, 0.25) is 5.91 Å². The van der Waals surface area contributed by atoms with Crippen LogP contribution in [-0.2, 0) is 4.79 Å². The quantitative estimate of drug-likeness (QED) is 0.667. The topological polar surface area (TPSA) is 49.4 Å². The maximum atomic E-state index is 12.4. The summed E-state index contributed by atoms with van der Waals surface area (Å²) in [7, 11) is 0. The van der Waals surface area contributed by atoms with Gasteiger partial charge >= 0.3 is 0 Å². The van der Waals surface area contributed by atoms with E-state index >= 15 is 0 Å². The van der Waals surface area contributed by atoms with Gasteiger partial charge in [0.05, 0.1) is 13.1 Å². The first-order chi connectivity index (χ1) is 10.6. The second-order valence-electron chi connectivity index (χ2n) is 5.40. The van der Waals surface area contributed by atoms with E-state index in [0.717, 1.165) is 25.9 Å². The van der Waals surface area contributed by atoms with Crippen LogP contribution in [0.15, 0.2) is 24.3 Å². The Bertz CT molecular complexity index is 569. The Morgan fingerprint density at radius 3 is 2.50 bits per heavy atom. The first kappa shape index (κ1) is 16.5. The monoisotopic (exact) mass is 318 g/mol. The third-order valence-corrected chi connectivity index (χ3v) is 4.09. The van der Waals surface area contributed by atoms with Crippen molar-refractivity contribution < 1.29 is 9.59 Å². The summed E-state index contributed by atoms with van der Waals surface area (Å²) in [6.07, 6.45) is 6.64. The average Bonchev–Trinajstić information content (AvgIpc) is 2.54. The van der Waals surface area contributed by atoms with Gasteiger partial charge in [-0.2, -0.15) is 0 Å². The van der Waals surface area contributed by atoms with Gasteiger partial charge < -0.3 is 5.32 Å². The van der Waals surface area contributed by atoms with Crippen molar-refractivity contribution in [3.05, 3.63) is 34.9 Å². The van der Waals surface area contributed by atoms with E-state index in [1.807, 2.05) is 0 Å². The number of hydrogen-bond donors (Lipinski definition) is 1. The number of carbonyl (C=O) groups excluding carboxylic acids is 2. The number of carbonyl (C=O) groups is 2. The summed E-state index contributed by atoms with van der Waals surface area (Å²) in [5, 5.41) is 3.28. The van der Waals surface area contributed by atoms with Crippen LogP contribution < -0.4 is 5.32 Å². The highest BCUT2D eigenvalue weighted by atomic mass is 35.5. The number of nitrogens with one attached hydrogen (secondary N) is 1. The molecule has 1 amide bonds. The number of benzene rings is 1. The molecule has 1 aromatic rings. The molecule has 0 saturated carbocycles. The number of halogens is 1. The largest absolute Gasteiger partial charge is 0.344 e. The van der Waals surface area contributed by atoms with Gasteiger partial charge in [0.15, 0.2) is 5.78 Å². The molecular formula is C17H19ClN2O2. The molecule has 0 unspecified atom stereocenters. The van der Waals surface area contributed by atoms with E-state index in [0.29, 0.717) is 17.1 Å². The molecule has 0 spiro atoms. The van der Waals surface area contributed by atoms with Crippen molar-refractivity contribution in [2.75, 3.05) is 26.2 Å². The zero-order valence-electron chi connectivity index (χ0n) is 12.3. The van der Waals surface area contributed by atoms with Gasteiger partial charge in [-0.05, 0) is 50.2 Å². The maximum absolute atomic E-state index is 12.4. The van der Waals surface area contributed by atoms with Gasteiger partial charge in [-0.25, -0.2) is 0 Å². The summed E-state index contributed by atoms with van der Waals surface area (Å²) in [4.78, 5) is 26.1. The lowest BCUT2D eigenvalue weighted by molar-refractivity contribution is -0.122. The van der Waals surface area contributed by atoms with Crippen LogP contribution in [0.3, 0.4) is 0 Å². The summed E-state index contributed by atoms with van der Waals surface area (Å²) in [6, 6.07) is 7.01. The van der Waals surface area contributed by atoms with Crippen LogP contribution in [0.4, 0.5) is 0 Å². The third kappa shape index (κ3) is 4.59. The van der Waals surface area contributed by atoms with Gasteiger partial charge in [0.1, 0.15) is 0 Å². The van der Waals surface area contributed by atoms with E-state index in [9.17, 15) is 9.59 Å². The van der Waals surface area contributed by atoms with Gasteiger partial charge in [0.25, 0.3) is 0 Å². The number of nitrogens with zero attached hydrogens (tertiary/aromatic N) is 1. The number of terminal acetylenes is 1. The van der Waals surface area contributed by atoms with Crippen molar-refractivity contribution in [2.24, 2.45) is 5.92 Å². The van der Waals surface area contributed by atoms with Crippen LogP contribution in [0.25, 0.3) is 0 Å². The molecule has 1 heterocycles. The molecular weight excluding hydrogens is 300 g/mol. The molecule has 1 aromatic carbocycles. The second-order valence-corrected chi connectivity index (χ2v) is 5.84. The predicted molar refractivity (Wildman–Crippen MR) is 86.8 cm³/mol. The lowest BCUT2D eigenvalue weighted by atomic mass is 9.89. The lowest BCUT2D eigenvalue weighted by Gasteiger charge is -2.30. The lowest BCUT2D eigenvalue weighted by Crippen LogP contribution is -2.42. The molecule has 1 saturated heterocycles. The number of likely N-dealkylation sites (tertiary alicyclic amines) is 1. The van der Waals surface area contributed by atoms with E-state index in [2.05, 4.69) is 16.1 Å². The minimum absolute atomic E-state index is 0.0196. The number of Topliss-reactive ketones (excluding diaryl/α,β-unsaturated/α-hetero) is 1. The number of ketones is 1. The minimum atomic E-state index is -0.0690. The second kappa shape index (κ2) is 7.98. The van der Waals surface area contributed by atoms with Crippen LogP contribution in [0.2, 0.25) is 5.02 Å². The Kier molecular flexibility index (Phi) is 6.00. The Balaban J connectivity index is 1.82. The SMILES string of the molecule is C#CCNC(=O)CN1CCC(C(=O)c2ccc(Cl)cc2)CC1. The number of hydrogen-bond acceptors (Lipinski definition) is 3. The van der Waals surface area contributed by atoms with Crippen molar-refractivity contribution in [1.82, 2.24) is 10.2 Å². The van der Waals surface area contributed by atoms with E-state index in [-0.39, 0.29) is 24.2 Å². The Hall–Kier alpha value is -1.83. The number of amides is 1. The summed E-state index contributed by atoms with van der Waals surface area (Å²) in [5.74, 6) is 2.49. The standard InChI is InChI=1S/C17H19ClN2O2/c1-2-9-19-16(21)12-20-10-7-14(8-11-20)17(22)13-3-5-15(18)6-4-13/h1,3-6,14H,7-12H2,(H,19,21). The van der Waals surface area contributed by atoms with Crippen molar-refractivity contribution in [3.63, 3.8) is 0 Å². The van der Waals surface area contributed by atoms with Gasteiger partial charge in [-0.3, -0.25) is 14.5 Å². The highest BCUT2D eigenvalue weighted by molar-refractivity contribution is 6.30. The first-order valence-electron chi connectivity index (χ1n) is 7.32. The van der Waals surface area contributed by atoms with Gasteiger partial charge in [0, 0.05) is 16.5 Å². The molecule has 0 atom stereocenters. The molecule has 1 fully saturated rings. The molecule has 0 aliphatic carbocycles. The summed E-state index contributed by atoms with van der Waals surface area (Å²) >= 11 is 5.84. The molecule has 1 aliphatic heterocycles.